The van der Waals surface area contributed by atoms with Gasteiger partial charge in [0.25, 0.3) is 0 Å². The van der Waals surface area contributed by atoms with Crippen molar-refractivity contribution < 1.29 is 4.74 Å². The average molecular weight is 331 g/mol. The van der Waals surface area contributed by atoms with Gasteiger partial charge >= 0.3 is 0 Å². The van der Waals surface area contributed by atoms with Gasteiger partial charge in [0, 0.05) is 17.2 Å². The van der Waals surface area contributed by atoms with Gasteiger partial charge in [-0.25, -0.2) is 0 Å². The van der Waals surface area contributed by atoms with Crippen LogP contribution in [0.3, 0.4) is 0 Å². The van der Waals surface area contributed by atoms with Crippen LogP contribution < -0.4 is 11.3 Å². The zero-order valence-electron chi connectivity index (χ0n) is 12.5. The van der Waals surface area contributed by atoms with Crippen molar-refractivity contribution in [2.45, 2.75) is 56.6 Å². The molecule has 1 aliphatic carbocycles. The SMILES string of the molecule is COC1(C(Cc2c(Cl)cccc2Cl)NN)CCCCCC1. The fraction of sp³-hybridized carbons (Fsp3) is 0.625. The van der Waals surface area contributed by atoms with Gasteiger partial charge < -0.3 is 4.74 Å². The van der Waals surface area contributed by atoms with Crippen molar-refractivity contribution in [3.63, 3.8) is 0 Å². The maximum Gasteiger partial charge on any atom is 0.0847 e. The lowest BCUT2D eigenvalue weighted by molar-refractivity contribution is -0.0527. The van der Waals surface area contributed by atoms with E-state index in [1.807, 2.05) is 18.2 Å². The van der Waals surface area contributed by atoms with Gasteiger partial charge in [0.15, 0.2) is 0 Å². The molecule has 118 valence electrons. The van der Waals surface area contributed by atoms with Crippen molar-refractivity contribution in [1.29, 1.82) is 0 Å². The summed E-state index contributed by atoms with van der Waals surface area (Å²) >= 11 is 12.6. The molecule has 5 heteroatoms. The number of hydrogen-bond acceptors (Lipinski definition) is 3. The first-order valence-corrected chi connectivity index (χ1v) is 8.33. The van der Waals surface area contributed by atoms with Crippen LogP contribution in [0.25, 0.3) is 0 Å². The number of methoxy groups -OCH3 is 1. The molecule has 1 unspecified atom stereocenters. The third kappa shape index (κ3) is 3.91. The number of nitrogens with one attached hydrogen (secondary N) is 1. The average Bonchev–Trinajstić information content (AvgIpc) is 2.73. The highest BCUT2D eigenvalue weighted by Crippen LogP contribution is 2.36. The summed E-state index contributed by atoms with van der Waals surface area (Å²) in [6, 6.07) is 5.58. The summed E-state index contributed by atoms with van der Waals surface area (Å²) in [5.41, 5.74) is 3.64. The van der Waals surface area contributed by atoms with Crippen LogP contribution in [0.5, 0.6) is 0 Å². The van der Waals surface area contributed by atoms with Gasteiger partial charge in [-0.15, -0.1) is 0 Å². The molecule has 1 aromatic rings. The molecular formula is C16H24Cl2N2O. The lowest BCUT2D eigenvalue weighted by Gasteiger charge is -2.39. The molecule has 1 aliphatic rings. The van der Waals surface area contributed by atoms with Crippen LogP contribution in [-0.4, -0.2) is 18.8 Å². The summed E-state index contributed by atoms with van der Waals surface area (Å²) < 4.78 is 5.94. The van der Waals surface area contributed by atoms with E-state index in [0.29, 0.717) is 16.5 Å². The lowest BCUT2D eigenvalue weighted by atomic mass is 9.83. The zero-order valence-corrected chi connectivity index (χ0v) is 14.0. The molecule has 0 amide bonds. The van der Waals surface area contributed by atoms with E-state index in [0.717, 1.165) is 18.4 Å². The van der Waals surface area contributed by atoms with Crippen LogP contribution in [0, 0.1) is 0 Å². The Kier molecular flexibility index (Phi) is 6.33. The molecule has 21 heavy (non-hydrogen) atoms. The summed E-state index contributed by atoms with van der Waals surface area (Å²) in [4.78, 5) is 0. The number of nitrogens with two attached hydrogens (primary N) is 1. The van der Waals surface area contributed by atoms with Gasteiger partial charge in [-0.1, -0.05) is 55.0 Å². The first-order chi connectivity index (χ1) is 10.1. The number of hydrazine groups is 1. The highest BCUT2D eigenvalue weighted by atomic mass is 35.5. The minimum atomic E-state index is -0.242. The molecule has 3 N–H and O–H groups in total. The van der Waals surface area contributed by atoms with E-state index in [4.69, 9.17) is 33.8 Å². The Balaban J connectivity index is 2.25. The Morgan fingerprint density at radius 3 is 2.24 bits per heavy atom. The van der Waals surface area contributed by atoms with E-state index in [1.54, 1.807) is 7.11 Å². The Morgan fingerprint density at radius 1 is 1.19 bits per heavy atom. The van der Waals surface area contributed by atoms with E-state index in [9.17, 15) is 0 Å². The Bertz CT molecular complexity index is 439. The van der Waals surface area contributed by atoms with Crippen molar-refractivity contribution in [3.05, 3.63) is 33.8 Å². The van der Waals surface area contributed by atoms with Crippen LogP contribution in [0.2, 0.25) is 10.0 Å². The zero-order chi connectivity index (χ0) is 15.3. The van der Waals surface area contributed by atoms with Gasteiger partial charge in [0.2, 0.25) is 0 Å². The predicted octanol–water partition coefficient (Wildman–Crippen LogP) is 4.11. The quantitative estimate of drug-likeness (QED) is 0.485. The van der Waals surface area contributed by atoms with Crippen molar-refractivity contribution in [1.82, 2.24) is 5.43 Å². The summed E-state index contributed by atoms with van der Waals surface area (Å²) in [7, 11) is 1.78. The van der Waals surface area contributed by atoms with Gasteiger partial charge in [-0.05, 0) is 37.0 Å². The van der Waals surface area contributed by atoms with Gasteiger partial charge in [-0.2, -0.15) is 0 Å². The van der Waals surface area contributed by atoms with Crippen LogP contribution in [-0.2, 0) is 11.2 Å². The van der Waals surface area contributed by atoms with Gasteiger partial charge in [0.05, 0.1) is 11.6 Å². The number of rotatable bonds is 5. The van der Waals surface area contributed by atoms with Crippen molar-refractivity contribution in [3.8, 4) is 0 Å². The second-order valence-corrected chi connectivity index (χ2v) is 6.62. The smallest absolute Gasteiger partial charge is 0.0847 e. The number of hydrogen-bond donors (Lipinski definition) is 2. The van der Waals surface area contributed by atoms with Crippen LogP contribution in [0.4, 0.5) is 0 Å². The molecule has 0 radical (unpaired) electrons. The van der Waals surface area contributed by atoms with Crippen molar-refractivity contribution in [2.24, 2.45) is 5.84 Å². The minimum Gasteiger partial charge on any atom is -0.377 e. The van der Waals surface area contributed by atoms with Crippen LogP contribution in [0.1, 0.15) is 44.1 Å². The Morgan fingerprint density at radius 2 is 1.76 bits per heavy atom. The molecule has 1 saturated carbocycles. The van der Waals surface area contributed by atoms with E-state index in [1.165, 1.54) is 25.7 Å². The highest BCUT2D eigenvalue weighted by molar-refractivity contribution is 6.36. The van der Waals surface area contributed by atoms with Gasteiger partial charge in [-0.3, -0.25) is 11.3 Å². The molecule has 3 nitrogen and oxygen atoms in total. The molecule has 0 heterocycles. The third-order valence-electron chi connectivity index (χ3n) is 4.66. The van der Waals surface area contributed by atoms with E-state index < -0.39 is 0 Å². The monoisotopic (exact) mass is 330 g/mol. The fourth-order valence-corrected chi connectivity index (χ4v) is 3.90. The summed E-state index contributed by atoms with van der Waals surface area (Å²) in [6.07, 6.45) is 7.55. The Hall–Kier alpha value is -0.320. The molecule has 0 aliphatic heterocycles. The molecule has 0 saturated heterocycles. The highest BCUT2D eigenvalue weighted by Gasteiger charge is 2.39. The molecule has 1 atom stereocenters. The van der Waals surface area contributed by atoms with Crippen molar-refractivity contribution in [2.75, 3.05) is 7.11 Å². The molecule has 1 aromatic carbocycles. The summed E-state index contributed by atoms with van der Waals surface area (Å²) in [5, 5.41) is 1.37. The molecule has 0 spiro atoms. The van der Waals surface area contributed by atoms with Crippen molar-refractivity contribution >= 4 is 23.2 Å². The maximum absolute atomic E-state index is 6.30. The molecular weight excluding hydrogens is 307 g/mol. The van der Waals surface area contributed by atoms with Crippen LogP contribution in [0.15, 0.2) is 18.2 Å². The molecule has 0 aromatic heterocycles. The van der Waals surface area contributed by atoms with E-state index in [2.05, 4.69) is 5.43 Å². The largest absolute Gasteiger partial charge is 0.377 e. The lowest BCUT2D eigenvalue weighted by Crippen LogP contribution is -2.55. The normalized spacial score (nSPS) is 20.0. The number of halogens is 2. The second-order valence-electron chi connectivity index (χ2n) is 5.81. The molecule has 2 rings (SSSR count). The topological polar surface area (TPSA) is 47.3 Å². The first-order valence-electron chi connectivity index (χ1n) is 7.57. The number of ether oxygens (including phenoxy) is 1. The number of benzene rings is 1. The second kappa shape index (κ2) is 7.80. The minimum absolute atomic E-state index is 0.00185. The van der Waals surface area contributed by atoms with E-state index in [-0.39, 0.29) is 11.6 Å². The molecule has 0 bridgehead atoms. The van der Waals surface area contributed by atoms with E-state index >= 15 is 0 Å². The molecule has 1 fully saturated rings. The Labute approximate surface area is 137 Å². The fourth-order valence-electron chi connectivity index (χ4n) is 3.35. The predicted molar refractivity (Wildman–Crippen MR) is 88.7 cm³/mol. The van der Waals surface area contributed by atoms with Crippen LogP contribution >= 0.6 is 23.2 Å². The maximum atomic E-state index is 6.30. The summed E-state index contributed by atoms with van der Waals surface area (Å²) in [6.45, 7) is 0. The third-order valence-corrected chi connectivity index (χ3v) is 5.37. The van der Waals surface area contributed by atoms with Gasteiger partial charge in [0.1, 0.15) is 0 Å². The standard InChI is InChI=1S/C16H24Cl2N2O/c1-21-16(9-4-2-3-5-10-16)15(20-19)11-12-13(17)7-6-8-14(12)18/h6-8,15,20H,2-5,9-11,19H2,1H3. The summed E-state index contributed by atoms with van der Waals surface area (Å²) in [5.74, 6) is 5.85. The first kappa shape index (κ1) is 17.0.